The zero-order chi connectivity index (χ0) is 36.6. The van der Waals surface area contributed by atoms with Gasteiger partial charge in [-0.3, -0.25) is 9.59 Å². The van der Waals surface area contributed by atoms with Crippen LogP contribution in [-0.4, -0.2) is 86.9 Å². The monoisotopic (exact) mass is 721 g/mol. The first-order chi connectivity index (χ1) is 25.0. The number of methoxy groups -OCH3 is 2. The Labute approximate surface area is 299 Å². The van der Waals surface area contributed by atoms with Crippen LogP contribution in [0.15, 0.2) is 54.7 Å². The summed E-state index contributed by atoms with van der Waals surface area (Å²) in [5, 5.41) is 6.60. The van der Waals surface area contributed by atoms with E-state index in [1.807, 2.05) is 36.5 Å². The summed E-state index contributed by atoms with van der Waals surface area (Å²) in [6.45, 7) is 1.26. The molecule has 4 aliphatic heterocycles. The summed E-state index contributed by atoms with van der Waals surface area (Å²) in [5.74, 6) is -0.278. The van der Waals surface area contributed by atoms with Gasteiger partial charge in [0.1, 0.15) is 0 Å². The first-order valence-electron chi connectivity index (χ1n) is 17.5. The number of fused-ring (bicyclic) bond motifs is 4. The molecular formula is C38H42F3N5O6. The van der Waals surface area contributed by atoms with Crippen LogP contribution in [0.5, 0.6) is 23.0 Å². The third-order valence-corrected chi connectivity index (χ3v) is 10.2. The number of nitrogens with one attached hydrogen (secondary N) is 2. The minimum Gasteiger partial charge on any atom is -0.493 e. The van der Waals surface area contributed by atoms with Crippen LogP contribution in [0.25, 0.3) is 5.57 Å². The molecule has 276 valence electrons. The predicted octanol–water partition coefficient (Wildman–Crippen LogP) is 6.41. The number of ether oxygens (including phenoxy) is 4. The Bertz CT molecular complexity index is 1870. The molecule has 52 heavy (non-hydrogen) atoms. The average Bonchev–Trinajstić information content (AvgIpc) is 3.72. The molecule has 1 saturated heterocycles. The van der Waals surface area contributed by atoms with Crippen molar-refractivity contribution in [2.24, 2.45) is 5.92 Å². The molecular weight excluding hydrogens is 679 g/mol. The van der Waals surface area contributed by atoms with Gasteiger partial charge in [-0.1, -0.05) is 12.1 Å². The molecule has 0 spiro atoms. The van der Waals surface area contributed by atoms with Crippen molar-refractivity contribution in [3.05, 3.63) is 71.4 Å². The van der Waals surface area contributed by atoms with E-state index in [1.165, 1.54) is 18.1 Å². The molecule has 0 aliphatic carbocycles. The van der Waals surface area contributed by atoms with Crippen molar-refractivity contribution in [2.75, 3.05) is 63.4 Å². The van der Waals surface area contributed by atoms with Crippen LogP contribution < -0.4 is 35.3 Å². The molecule has 2 amide bonds. The molecule has 3 aromatic rings. The van der Waals surface area contributed by atoms with Gasteiger partial charge in [-0.05, 0) is 67.5 Å². The SMILES string of the molecule is COc1cc2c(cc1OCCCCCOc1cc3c(cc1OC)C(=O)N1C[C@H](C(F)(F)F)C[C@H]1CN3)NC[C@@H]1CC(c3ccc(N)cc3)=CN1C2=O. The maximum Gasteiger partial charge on any atom is 0.393 e. The maximum absolute atomic E-state index is 13.7. The molecule has 4 aliphatic rings. The Morgan fingerprint density at radius 1 is 0.788 bits per heavy atom. The number of halogens is 3. The molecule has 0 aromatic heterocycles. The zero-order valence-electron chi connectivity index (χ0n) is 29.1. The molecule has 7 rings (SSSR count). The number of hydrogen-bond acceptors (Lipinski definition) is 9. The molecule has 0 saturated carbocycles. The lowest BCUT2D eigenvalue weighted by molar-refractivity contribution is -0.170. The third kappa shape index (κ3) is 6.98. The van der Waals surface area contributed by atoms with E-state index in [-0.39, 0.29) is 37.0 Å². The molecule has 0 unspecified atom stereocenters. The number of carbonyl (C=O) groups is 2. The predicted molar refractivity (Wildman–Crippen MR) is 190 cm³/mol. The first-order valence-corrected chi connectivity index (χ1v) is 17.5. The van der Waals surface area contributed by atoms with Crippen molar-refractivity contribution in [3.8, 4) is 23.0 Å². The lowest BCUT2D eigenvalue weighted by Gasteiger charge is -2.21. The van der Waals surface area contributed by atoms with Gasteiger partial charge in [-0.2, -0.15) is 13.2 Å². The molecule has 14 heteroatoms. The Morgan fingerprint density at radius 2 is 1.37 bits per heavy atom. The van der Waals surface area contributed by atoms with Crippen LogP contribution in [0.4, 0.5) is 30.2 Å². The summed E-state index contributed by atoms with van der Waals surface area (Å²) in [4.78, 5) is 30.0. The fourth-order valence-corrected chi connectivity index (χ4v) is 7.36. The second-order valence-corrected chi connectivity index (χ2v) is 13.5. The number of carbonyl (C=O) groups excluding carboxylic acids is 2. The number of unbranched alkanes of at least 4 members (excludes halogenated alkanes) is 2. The minimum absolute atomic E-state index is 0.0259. The first kappa shape index (κ1) is 35.1. The van der Waals surface area contributed by atoms with Crippen molar-refractivity contribution in [2.45, 2.75) is 50.4 Å². The summed E-state index contributed by atoms with van der Waals surface area (Å²) >= 11 is 0. The normalized spacial score (nSPS) is 20.7. The lowest BCUT2D eigenvalue weighted by Crippen LogP contribution is -2.37. The van der Waals surface area contributed by atoms with E-state index in [2.05, 4.69) is 10.6 Å². The number of benzene rings is 3. The van der Waals surface area contributed by atoms with E-state index in [0.717, 1.165) is 30.4 Å². The topological polar surface area (TPSA) is 128 Å². The van der Waals surface area contributed by atoms with Crippen LogP contribution in [-0.2, 0) is 0 Å². The van der Waals surface area contributed by atoms with Gasteiger partial charge in [0.15, 0.2) is 23.0 Å². The van der Waals surface area contributed by atoms with Crippen LogP contribution >= 0.6 is 0 Å². The molecule has 0 radical (unpaired) electrons. The van der Waals surface area contributed by atoms with Gasteiger partial charge < -0.3 is 45.1 Å². The highest BCUT2D eigenvalue weighted by molar-refractivity contribution is 6.03. The van der Waals surface area contributed by atoms with Crippen molar-refractivity contribution >= 4 is 34.4 Å². The standard InChI is InChI=1S/C38H42F3N5O6/c1-49-32-14-28-30(43-18-26-12-23(20-45(26)36(28)47)22-6-8-25(42)9-7-22)16-34(32)51-10-4-3-5-11-52-35-17-31-29(15-33(35)50-2)37(48)46-21-24(38(39,40)41)13-27(46)19-44-31/h6-9,14-17,20,24,26-27,43-44H,3-5,10-13,18-19,21,42H2,1-2H3/t24-,26+,27+/m1/s1. The maximum atomic E-state index is 13.7. The van der Waals surface area contributed by atoms with Gasteiger partial charge in [-0.25, -0.2) is 0 Å². The fraction of sp³-hybridized carbons (Fsp3) is 0.421. The summed E-state index contributed by atoms with van der Waals surface area (Å²) in [5.41, 5.74) is 10.7. The van der Waals surface area contributed by atoms with Crippen molar-refractivity contribution in [3.63, 3.8) is 0 Å². The van der Waals surface area contributed by atoms with Crippen LogP contribution in [0.2, 0.25) is 0 Å². The zero-order valence-corrected chi connectivity index (χ0v) is 29.1. The molecule has 0 bridgehead atoms. The number of alkyl halides is 3. The number of nitrogens with zero attached hydrogens (tertiary/aromatic N) is 2. The highest BCUT2D eigenvalue weighted by atomic mass is 19.4. The number of hydrogen-bond donors (Lipinski definition) is 3. The van der Waals surface area contributed by atoms with Crippen LogP contribution in [0.3, 0.4) is 0 Å². The lowest BCUT2D eigenvalue weighted by atomic mass is 10.0. The van der Waals surface area contributed by atoms with Crippen molar-refractivity contribution in [1.29, 1.82) is 0 Å². The Kier molecular flexibility index (Phi) is 9.73. The molecule has 11 nitrogen and oxygen atoms in total. The average molecular weight is 722 g/mol. The number of nitrogen functional groups attached to an aromatic ring is 1. The van der Waals surface area contributed by atoms with Gasteiger partial charge >= 0.3 is 6.18 Å². The number of amides is 2. The summed E-state index contributed by atoms with van der Waals surface area (Å²) in [6, 6.07) is 13.9. The van der Waals surface area contributed by atoms with Gasteiger partial charge in [0, 0.05) is 49.7 Å². The highest BCUT2D eigenvalue weighted by Crippen LogP contribution is 2.42. The molecule has 3 aromatic carbocycles. The van der Waals surface area contributed by atoms with E-state index in [4.69, 9.17) is 24.7 Å². The van der Waals surface area contributed by atoms with Gasteiger partial charge in [-0.15, -0.1) is 0 Å². The Balaban J connectivity index is 0.914. The minimum atomic E-state index is -4.34. The van der Waals surface area contributed by atoms with E-state index in [9.17, 15) is 22.8 Å². The summed E-state index contributed by atoms with van der Waals surface area (Å²) < 4.78 is 63.3. The third-order valence-electron chi connectivity index (χ3n) is 10.2. The smallest absolute Gasteiger partial charge is 0.393 e. The Morgan fingerprint density at radius 3 is 1.94 bits per heavy atom. The quantitative estimate of drug-likeness (QED) is 0.152. The van der Waals surface area contributed by atoms with E-state index in [0.29, 0.717) is 71.8 Å². The van der Waals surface area contributed by atoms with Crippen molar-refractivity contribution < 1.29 is 41.7 Å². The Hall–Kier alpha value is -5.27. The van der Waals surface area contributed by atoms with E-state index < -0.39 is 24.0 Å². The van der Waals surface area contributed by atoms with Gasteiger partial charge in [0.2, 0.25) is 0 Å². The summed E-state index contributed by atoms with van der Waals surface area (Å²) in [7, 11) is 3.01. The number of rotatable bonds is 11. The molecule has 4 heterocycles. The molecule has 4 N–H and O–H groups in total. The second-order valence-electron chi connectivity index (χ2n) is 13.5. The van der Waals surface area contributed by atoms with Crippen molar-refractivity contribution in [1.82, 2.24) is 9.80 Å². The van der Waals surface area contributed by atoms with Crippen LogP contribution in [0, 0.1) is 5.92 Å². The second kappa shape index (κ2) is 14.4. The number of anilines is 3. The van der Waals surface area contributed by atoms with Gasteiger partial charge in [0.05, 0.1) is 61.9 Å². The molecule has 3 atom stereocenters. The van der Waals surface area contributed by atoms with Crippen LogP contribution in [0.1, 0.15) is 58.4 Å². The highest BCUT2D eigenvalue weighted by Gasteiger charge is 2.49. The fourth-order valence-electron chi connectivity index (χ4n) is 7.36. The summed E-state index contributed by atoms with van der Waals surface area (Å²) in [6.07, 6.45) is 0.432. The van der Waals surface area contributed by atoms with Gasteiger partial charge in [0.25, 0.3) is 11.8 Å². The molecule has 1 fully saturated rings. The van der Waals surface area contributed by atoms with E-state index in [1.54, 1.807) is 24.1 Å². The largest absolute Gasteiger partial charge is 0.493 e. The van der Waals surface area contributed by atoms with E-state index >= 15 is 0 Å². The number of nitrogens with two attached hydrogens (primary N) is 1.